The zero-order valence-corrected chi connectivity index (χ0v) is 15.9. The molecule has 0 saturated carbocycles. The molecule has 3 rings (SSSR count). The fraction of sp³-hybridized carbons (Fsp3) is 0.167. The Labute approximate surface area is 164 Å². The molecule has 142 valence electrons. The molecule has 4 nitrogen and oxygen atoms in total. The van der Waals surface area contributed by atoms with Gasteiger partial charge in [0.1, 0.15) is 5.75 Å². The number of esters is 1. The standard InChI is InChI=1S/C24H22O4/c1-3-17-4-6-20(7-5-17)23(26)16(2)28-24(27)21-10-8-18(9-11-21)19-12-14-22(25)15-13-19/h4-16,25H,3H2,1-2H3/t16-/m0/s1. The number of phenols is 1. The zero-order chi connectivity index (χ0) is 20.1. The van der Waals surface area contributed by atoms with Crippen LogP contribution in [0.15, 0.2) is 72.8 Å². The minimum atomic E-state index is -0.864. The molecule has 3 aromatic rings. The highest BCUT2D eigenvalue weighted by molar-refractivity contribution is 6.01. The van der Waals surface area contributed by atoms with E-state index in [1.807, 2.05) is 19.1 Å². The monoisotopic (exact) mass is 374 g/mol. The van der Waals surface area contributed by atoms with Crippen LogP contribution in [0, 0.1) is 0 Å². The largest absolute Gasteiger partial charge is 0.508 e. The summed E-state index contributed by atoms with van der Waals surface area (Å²) in [6.45, 7) is 3.63. The van der Waals surface area contributed by atoms with Crippen LogP contribution in [0.1, 0.15) is 40.1 Å². The Morgan fingerprint density at radius 2 is 1.32 bits per heavy atom. The molecule has 4 heteroatoms. The molecule has 0 unspecified atom stereocenters. The summed E-state index contributed by atoms with van der Waals surface area (Å²) in [5, 5.41) is 9.37. The van der Waals surface area contributed by atoms with Crippen LogP contribution in [0.4, 0.5) is 0 Å². The van der Waals surface area contributed by atoms with E-state index in [0.717, 1.165) is 23.1 Å². The van der Waals surface area contributed by atoms with Gasteiger partial charge >= 0.3 is 5.97 Å². The van der Waals surface area contributed by atoms with Crippen molar-refractivity contribution in [1.82, 2.24) is 0 Å². The van der Waals surface area contributed by atoms with Gasteiger partial charge in [-0.15, -0.1) is 0 Å². The van der Waals surface area contributed by atoms with Crippen LogP contribution in [0.3, 0.4) is 0 Å². The van der Waals surface area contributed by atoms with E-state index in [1.165, 1.54) is 0 Å². The van der Waals surface area contributed by atoms with Gasteiger partial charge in [0.25, 0.3) is 0 Å². The molecule has 0 heterocycles. The normalized spacial score (nSPS) is 11.6. The second-order valence-corrected chi connectivity index (χ2v) is 6.59. The van der Waals surface area contributed by atoms with Gasteiger partial charge in [-0.2, -0.15) is 0 Å². The molecule has 0 bridgehead atoms. The maximum Gasteiger partial charge on any atom is 0.338 e. The summed E-state index contributed by atoms with van der Waals surface area (Å²) in [7, 11) is 0. The first-order valence-electron chi connectivity index (χ1n) is 9.21. The minimum absolute atomic E-state index is 0.201. The summed E-state index contributed by atoms with van der Waals surface area (Å²) in [6, 6.07) is 21.1. The number of rotatable bonds is 6. The van der Waals surface area contributed by atoms with Gasteiger partial charge in [0, 0.05) is 5.56 Å². The summed E-state index contributed by atoms with van der Waals surface area (Å²) in [5.74, 6) is -0.563. The zero-order valence-electron chi connectivity index (χ0n) is 15.9. The van der Waals surface area contributed by atoms with E-state index in [4.69, 9.17) is 4.74 Å². The molecule has 0 aromatic heterocycles. The molecule has 1 N–H and O–H groups in total. The SMILES string of the molecule is CCc1ccc(C(=O)[C@H](C)OC(=O)c2ccc(-c3ccc(O)cc3)cc2)cc1. The maximum absolute atomic E-state index is 12.5. The lowest BCUT2D eigenvalue weighted by Gasteiger charge is -2.13. The maximum atomic E-state index is 12.5. The predicted octanol–water partition coefficient (Wildman–Crippen LogP) is 5.05. The lowest BCUT2D eigenvalue weighted by atomic mass is 10.0. The van der Waals surface area contributed by atoms with E-state index in [9.17, 15) is 14.7 Å². The molecule has 0 aliphatic carbocycles. The lowest BCUT2D eigenvalue weighted by Crippen LogP contribution is -2.24. The number of carbonyl (C=O) groups excluding carboxylic acids is 2. The lowest BCUT2D eigenvalue weighted by molar-refractivity contribution is 0.0319. The molecule has 0 aliphatic heterocycles. The van der Waals surface area contributed by atoms with Crippen LogP contribution >= 0.6 is 0 Å². The van der Waals surface area contributed by atoms with E-state index in [1.54, 1.807) is 67.6 Å². The summed E-state index contributed by atoms with van der Waals surface area (Å²) < 4.78 is 5.35. The Bertz CT molecular complexity index is 955. The molecule has 0 aliphatic rings. The van der Waals surface area contributed by atoms with Crippen LogP contribution in [-0.4, -0.2) is 23.0 Å². The topological polar surface area (TPSA) is 63.6 Å². The number of aromatic hydroxyl groups is 1. The molecule has 0 amide bonds. The van der Waals surface area contributed by atoms with Crippen molar-refractivity contribution in [3.05, 3.63) is 89.5 Å². The summed E-state index contributed by atoms with van der Waals surface area (Å²) in [4.78, 5) is 24.9. The Morgan fingerprint density at radius 1 is 0.821 bits per heavy atom. The van der Waals surface area contributed by atoms with Gasteiger partial charge in [0.2, 0.25) is 5.78 Å². The van der Waals surface area contributed by atoms with Gasteiger partial charge in [-0.05, 0) is 54.3 Å². The van der Waals surface area contributed by atoms with Gasteiger partial charge in [0.05, 0.1) is 5.56 Å². The van der Waals surface area contributed by atoms with Crippen LogP contribution in [0.25, 0.3) is 11.1 Å². The van der Waals surface area contributed by atoms with Crippen molar-refractivity contribution in [2.75, 3.05) is 0 Å². The van der Waals surface area contributed by atoms with Crippen molar-refractivity contribution in [2.24, 2.45) is 0 Å². The molecule has 0 fully saturated rings. The fourth-order valence-corrected chi connectivity index (χ4v) is 2.87. The van der Waals surface area contributed by atoms with E-state index < -0.39 is 12.1 Å². The van der Waals surface area contributed by atoms with E-state index >= 15 is 0 Å². The summed E-state index contributed by atoms with van der Waals surface area (Å²) in [5.41, 5.74) is 3.90. The third kappa shape index (κ3) is 4.46. The van der Waals surface area contributed by atoms with Crippen LogP contribution in [-0.2, 0) is 11.2 Å². The van der Waals surface area contributed by atoms with Crippen LogP contribution in [0.5, 0.6) is 5.75 Å². The molecule has 28 heavy (non-hydrogen) atoms. The van der Waals surface area contributed by atoms with Gasteiger partial charge in [0.15, 0.2) is 6.10 Å². The van der Waals surface area contributed by atoms with E-state index in [2.05, 4.69) is 0 Å². The van der Waals surface area contributed by atoms with E-state index in [0.29, 0.717) is 11.1 Å². The first-order valence-corrected chi connectivity index (χ1v) is 9.21. The van der Waals surface area contributed by atoms with Crippen molar-refractivity contribution in [2.45, 2.75) is 26.4 Å². The highest BCUT2D eigenvalue weighted by atomic mass is 16.5. The first kappa shape index (κ1) is 19.4. The molecule has 0 saturated heterocycles. The van der Waals surface area contributed by atoms with E-state index in [-0.39, 0.29) is 11.5 Å². The quantitative estimate of drug-likeness (QED) is 0.484. The highest BCUT2D eigenvalue weighted by Gasteiger charge is 2.20. The van der Waals surface area contributed by atoms with Crippen molar-refractivity contribution in [3.8, 4) is 16.9 Å². The summed E-state index contributed by atoms with van der Waals surface area (Å²) in [6.07, 6.45) is 0.0378. The molecule has 3 aromatic carbocycles. The van der Waals surface area contributed by atoms with Crippen molar-refractivity contribution >= 4 is 11.8 Å². The number of hydrogen-bond acceptors (Lipinski definition) is 4. The van der Waals surface area contributed by atoms with Crippen LogP contribution < -0.4 is 0 Å². The Morgan fingerprint density at radius 3 is 1.86 bits per heavy atom. The second-order valence-electron chi connectivity index (χ2n) is 6.59. The number of ether oxygens (including phenoxy) is 1. The minimum Gasteiger partial charge on any atom is -0.508 e. The number of ketones is 1. The Balaban J connectivity index is 1.66. The Hall–Kier alpha value is -3.40. The predicted molar refractivity (Wildman–Crippen MR) is 109 cm³/mol. The number of aryl methyl sites for hydroxylation is 1. The van der Waals surface area contributed by atoms with Crippen molar-refractivity contribution in [3.63, 3.8) is 0 Å². The molecule has 1 atom stereocenters. The number of benzene rings is 3. The van der Waals surface area contributed by atoms with Gasteiger partial charge in [-0.25, -0.2) is 4.79 Å². The van der Waals surface area contributed by atoms with Crippen molar-refractivity contribution < 1.29 is 19.4 Å². The first-order chi connectivity index (χ1) is 13.5. The number of carbonyl (C=O) groups is 2. The third-order valence-corrected chi connectivity index (χ3v) is 4.62. The molecular weight excluding hydrogens is 352 g/mol. The molecular formula is C24H22O4. The molecule has 0 radical (unpaired) electrons. The van der Waals surface area contributed by atoms with Gasteiger partial charge in [-0.1, -0.05) is 55.5 Å². The third-order valence-electron chi connectivity index (χ3n) is 4.62. The summed E-state index contributed by atoms with van der Waals surface area (Å²) >= 11 is 0. The van der Waals surface area contributed by atoms with Crippen molar-refractivity contribution in [1.29, 1.82) is 0 Å². The van der Waals surface area contributed by atoms with Gasteiger partial charge in [-0.3, -0.25) is 4.79 Å². The smallest absolute Gasteiger partial charge is 0.338 e. The second kappa shape index (κ2) is 8.53. The van der Waals surface area contributed by atoms with Gasteiger partial charge < -0.3 is 9.84 Å². The number of Topliss-reactive ketones (excluding diaryl/α,β-unsaturated/α-hetero) is 1. The highest BCUT2D eigenvalue weighted by Crippen LogP contribution is 2.22. The fourth-order valence-electron chi connectivity index (χ4n) is 2.87. The average molecular weight is 374 g/mol. The number of hydrogen-bond donors (Lipinski definition) is 1. The Kier molecular flexibility index (Phi) is 5.90. The molecule has 0 spiro atoms. The average Bonchev–Trinajstić information content (AvgIpc) is 2.74. The van der Waals surface area contributed by atoms with Crippen LogP contribution in [0.2, 0.25) is 0 Å². The number of phenolic OH excluding ortho intramolecular Hbond substituents is 1.